The highest BCUT2D eigenvalue weighted by atomic mass is 35.5. The minimum Gasteiger partial charge on any atom is -0.451 e. The molecule has 3 heterocycles. The van der Waals surface area contributed by atoms with E-state index in [9.17, 15) is 4.79 Å². The van der Waals surface area contributed by atoms with E-state index in [1.807, 2.05) is 55.5 Å². The van der Waals surface area contributed by atoms with Gasteiger partial charge in [-0.2, -0.15) is 0 Å². The maximum atomic E-state index is 13.5. The number of anilines is 1. The van der Waals surface area contributed by atoms with Crippen molar-refractivity contribution in [1.29, 1.82) is 0 Å². The summed E-state index contributed by atoms with van der Waals surface area (Å²) in [6.45, 7) is 2.30. The number of halogens is 1. The zero-order valence-corrected chi connectivity index (χ0v) is 17.6. The number of furan rings is 1. The Balaban J connectivity index is 1.62. The topological polar surface area (TPSA) is 59.2 Å². The second-order valence-corrected chi connectivity index (χ2v) is 8.32. The lowest BCUT2D eigenvalue weighted by Crippen LogP contribution is -2.30. The van der Waals surface area contributed by atoms with E-state index in [2.05, 4.69) is 4.98 Å². The molecule has 30 heavy (non-hydrogen) atoms. The van der Waals surface area contributed by atoms with E-state index >= 15 is 0 Å². The van der Waals surface area contributed by atoms with Crippen molar-refractivity contribution in [2.24, 2.45) is 0 Å². The molecule has 0 aliphatic carbocycles. The van der Waals surface area contributed by atoms with Crippen LogP contribution in [0.1, 0.15) is 21.7 Å². The highest BCUT2D eigenvalue weighted by Crippen LogP contribution is 2.37. The first kappa shape index (κ1) is 18.8. The Morgan fingerprint density at radius 2 is 2.03 bits per heavy atom. The molecule has 0 N–H and O–H groups in total. The molecule has 5 nitrogen and oxygen atoms in total. The predicted octanol–water partition coefficient (Wildman–Crippen LogP) is 6.25. The van der Waals surface area contributed by atoms with Crippen molar-refractivity contribution in [3.05, 3.63) is 88.9 Å². The molecule has 0 saturated carbocycles. The van der Waals surface area contributed by atoms with Crippen LogP contribution in [0.25, 0.3) is 21.2 Å². The van der Waals surface area contributed by atoms with Crippen molar-refractivity contribution < 1.29 is 9.21 Å². The fourth-order valence-corrected chi connectivity index (χ4v) is 4.64. The molecular weight excluding hydrogens is 418 g/mol. The van der Waals surface area contributed by atoms with Crippen LogP contribution in [0.3, 0.4) is 0 Å². The largest absolute Gasteiger partial charge is 0.451 e. The number of hydrogen-bond acceptors (Lipinski definition) is 5. The summed E-state index contributed by atoms with van der Waals surface area (Å²) in [5, 5.41) is 2.07. The summed E-state index contributed by atoms with van der Waals surface area (Å²) < 4.78 is 6.70. The van der Waals surface area contributed by atoms with Gasteiger partial charge in [0.15, 0.2) is 10.9 Å². The third-order valence-corrected chi connectivity index (χ3v) is 6.40. The number of thiazole rings is 1. The van der Waals surface area contributed by atoms with E-state index in [4.69, 9.17) is 21.0 Å². The van der Waals surface area contributed by atoms with E-state index < -0.39 is 0 Å². The van der Waals surface area contributed by atoms with Gasteiger partial charge in [-0.15, -0.1) is 0 Å². The van der Waals surface area contributed by atoms with Gasteiger partial charge < -0.3 is 4.42 Å². The van der Waals surface area contributed by atoms with Crippen LogP contribution in [-0.4, -0.2) is 15.9 Å². The lowest BCUT2D eigenvalue weighted by atomic mass is 10.2. The number of benzene rings is 2. The van der Waals surface area contributed by atoms with Gasteiger partial charge in [0, 0.05) is 17.8 Å². The van der Waals surface area contributed by atoms with Crippen LogP contribution >= 0.6 is 22.9 Å². The third kappa shape index (κ3) is 3.34. The molecule has 0 fully saturated rings. The molecule has 3 aromatic heterocycles. The Morgan fingerprint density at radius 3 is 2.80 bits per heavy atom. The van der Waals surface area contributed by atoms with E-state index in [1.165, 1.54) is 11.3 Å². The predicted molar refractivity (Wildman–Crippen MR) is 120 cm³/mol. The van der Waals surface area contributed by atoms with E-state index in [-0.39, 0.29) is 11.7 Å². The van der Waals surface area contributed by atoms with Crippen molar-refractivity contribution in [2.75, 3.05) is 4.90 Å². The van der Waals surface area contributed by atoms with Crippen LogP contribution in [0.4, 0.5) is 5.13 Å². The van der Waals surface area contributed by atoms with Crippen LogP contribution < -0.4 is 4.90 Å². The average Bonchev–Trinajstić information content (AvgIpc) is 3.40. The first-order chi connectivity index (χ1) is 14.6. The van der Waals surface area contributed by atoms with Crippen LogP contribution in [0.2, 0.25) is 5.02 Å². The molecule has 0 aliphatic rings. The molecule has 0 aliphatic heterocycles. The lowest BCUT2D eigenvalue weighted by Gasteiger charge is -2.18. The monoisotopic (exact) mass is 433 g/mol. The highest BCUT2D eigenvalue weighted by molar-refractivity contribution is 7.23. The summed E-state index contributed by atoms with van der Waals surface area (Å²) in [5.41, 5.74) is 3.37. The zero-order chi connectivity index (χ0) is 20.7. The van der Waals surface area contributed by atoms with Gasteiger partial charge in [0.2, 0.25) is 0 Å². The number of aryl methyl sites for hydroxylation is 1. The number of carbonyl (C=O) groups is 1. The molecule has 2 aromatic carbocycles. The maximum Gasteiger partial charge on any atom is 0.296 e. The molecule has 0 saturated heterocycles. The van der Waals surface area contributed by atoms with Gasteiger partial charge in [-0.25, -0.2) is 4.98 Å². The fourth-order valence-electron chi connectivity index (χ4n) is 3.33. The Hall–Kier alpha value is -3.22. The number of aromatic nitrogens is 2. The summed E-state index contributed by atoms with van der Waals surface area (Å²) >= 11 is 7.79. The molecule has 5 rings (SSSR count). The smallest absolute Gasteiger partial charge is 0.296 e. The first-order valence-corrected chi connectivity index (χ1v) is 10.5. The minimum atomic E-state index is -0.261. The Morgan fingerprint density at radius 1 is 1.17 bits per heavy atom. The SMILES string of the molecule is Cc1ccc(Cl)c2sc(N(Cc3cccnc3)C(=O)c3cc4ccccc4o3)nc12. The number of para-hydroxylation sites is 1. The van der Waals surface area contributed by atoms with Crippen molar-refractivity contribution in [2.45, 2.75) is 13.5 Å². The molecule has 0 unspecified atom stereocenters. The van der Waals surface area contributed by atoms with Crippen molar-refractivity contribution in [3.63, 3.8) is 0 Å². The fraction of sp³-hybridized carbons (Fsp3) is 0.0870. The molecule has 0 atom stereocenters. The van der Waals surface area contributed by atoms with Crippen LogP contribution in [0, 0.1) is 6.92 Å². The normalized spacial score (nSPS) is 11.3. The summed E-state index contributed by atoms with van der Waals surface area (Å²) in [5.74, 6) is 0.00468. The summed E-state index contributed by atoms with van der Waals surface area (Å²) in [6.07, 6.45) is 3.44. The number of nitrogens with zero attached hydrogens (tertiary/aromatic N) is 3. The maximum absolute atomic E-state index is 13.5. The van der Waals surface area contributed by atoms with Crippen LogP contribution in [0.15, 0.2) is 71.4 Å². The number of fused-ring (bicyclic) bond motifs is 2. The van der Waals surface area contributed by atoms with Crippen LogP contribution in [0.5, 0.6) is 0 Å². The van der Waals surface area contributed by atoms with Gasteiger partial charge in [-0.05, 0) is 42.3 Å². The highest BCUT2D eigenvalue weighted by Gasteiger charge is 2.25. The summed E-state index contributed by atoms with van der Waals surface area (Å²) in [6, 6.07) is 16.9. The Kier molecular flexibility index (Phi) is 4.73. The van der Waals surface area contributed by atoms with Gasteiger partial charge in [-0.3, -0.25) is 14.7 Å². The number of pyridine rings is 1. The second-order valence-electron chi connectivity index (χ2n) is 6.94. The second kappa shape index (κ2) is 7.55. The quantitative estimate of drug-likeness (QED) is 0.336. The van der Waals surface area contributed by atoms with Gasteiger partial charge >= 0.3 is 0 Å². The zero-order valence-electron chi connectivity index (χ0n) is 16.0. The summed E-state index contributed by atoms with van der Waals surface area (Å²) in [4.78, 5) is 24.0. The molecule has 0 spiro atoms. The average molecular weight is 434 g/mol. The summed E-state index contributed by atoms with van der Waals surface area (Å²) in [7, 11) is 0. The van der Waals surface area contributed by atoms with Gasteiger partial charge in [0.05, 0.1) is 21.8 Å². The van der Waals surface area contributed by atoms with Crippen molar-refractivity contribution in [3.8, 4) is 0 Å². The third-order valence-electron chi connectivity index (χ3n) is 4.86. The van der Waals surface area contributed by atoms with Gasteiger partial charge in [-0.1, -0.05) is 53.3 Å². The van der Waals surface area contributed by atoms with E-state index in [1.54, 1.807) is 23.4 Å². The van der Waals surface area contributed by atoms with E-state index in [0.717, 1.165) is 26.7 Å². The molecular formula is C23H16ClN3O2S. The number of carbonyl (C=O) groups excluding carboxylic acids is 1. The van der Waals surface area contributed by atoms with E-state index in [0.29, 0.717) is 22.3 Å². The number of rotatable bonds is 4. The first-order valence-electron chi connectivity index (χ1n) is 9.35. The molecule has 0 bridgehead atoms. The molecule has 148 valence electrons. The molecule has 0 radical (unpaired) electrons. The lowest BCUT2D eigenvalue weighted by molar-refractivity contribution is 0.0960. The van der Waals surface area contributed by atoms with Gasteiger partial charge in [0.25, 0.3) is 5.91 Å². The molecule has 5 aromatic rings. The van der Waals surface area contributed by atoms with Crippen LogP contribution in [-0.2, 0) is 6.54 Å². The standard InChI is InChI=1S/C23H16ClN3O2S/c1-14-8-9-17(24)21-20(14)26-23(30-21)27(13-15-5-4-10-25-12-15)22(28)19-11-16-6-2-3-7-18(16)29-19/h2-12H,13H2,1H3. The number of hydrogen-bond donors (Lipinski definition) is 0. The minimum absolute atomic E-state index is 0.261. The Labute approximate surface area is 181 Å². The molecule has 7 heteroatoms. The number of amides is 1. The Bertz CT molecular complexity index is 1310. The van der Waals surface area contributed by atoms with Gasteiger partial charge in [0.1, 0.15) is 5.58 Å². The molecule has 1 amide bonds. The van der Waals surface area contributed by atoms with Crippen molar-refractivity contribution >= 4 is 55.2 Å². The van der Waals surface area contributed by atoms with Crippen molar-refractivity contribution in [1.82, 2.24) is 9.97 Å².